The standard InChI is InChI=1S/C7H9N5O2/c1-2(13)4-9-3-5(10-4)11-7(8)12-6(3)14/h2,13H,1H3,(H4,8,9,10,11,12,14). The van der Waals surface area contributed by atoms with Crippen molar-refractivity contribution < 1.29 is 5.11 Å². The van der Waals surface area contributed by atoms with Crippen LogP contribution in [0.25, 0.3) is 11.2 Å². The highest BCUT2D eigenvalue weighted by atomic mass is 16.3. The third-order valence-corrected chi connectivity index (χ3v) is 1.79. The minimum Gasteiger partial charge on any atom is -0.385 e. The van der Waals surface area contributed by atoms with Crippen molar-refractivity contribution in [3.63, 3.8) is 0 Å². The van der Waals surface area contributed by atoms with E-state index >= 15 is 0 Å². The number of aromatic amines is 2. The maximum Gasteiger partial charge on any atom is 0.278 e. The molecule has 0 aliphatic carbocycles. The number of nitrogen functional groups attached to an aromatic ring is 1. The molecular weight excluding hydrogens is 186 g/mol. The number of nitrogens with zero attached hydrogens (tertiary/aromatic N) is 2. The van der Waals surface area contributed by atoms with Crippen molar-refractivity contribution in [2.45, 2.75) is 13.0 Å². The highest BCUT2D eigenvalue weighted by molar-refractivity contribution is 5.70. The number of H-pyrrole nitrogens is 2. The van der Waals surface area contributed by atoms with Gasteiger partial charge >= 0.3 is 0 Å². The summed E-state index contributed by atoms with van der Waals surface area (Å²) in [6.45, 7) is 1.54. The SMILES string of the molecule is CC(O)c1nc2nc(N)[nH]c(=O)c2[nH]1. The third kappa shape index (κ3) is 1.23. The number of aromatic nitrogens is 4. The summed E-state index contributed by atoms with van der Waals surface area (Å²) in [5.41, 5.74) is 5.36. The van der Waals surface area contributed by atoms with E-state index in [0.29, 0.717) is 5.82 Å². The molecule has 2 rings (SSSR count). The number of aliphatic hydroxyl groups is 1. The van der Waals surface area contributed by atoms with Crippen LogP contribution < -0.4 is 11.3 Å². The molecule has 74 valence electrons. The zero-order valence-electron chi connectivity index (χ0n) is 7.40. The fraction of sp³-hybridized carbons (Fsp3) is 0.286. The van der Waals surface area contributed by atoms with E-state index in [4.69, 9.17) is 5.73 Å². The Balaban J connectivity index is 2.77. The lowest BCUT2D eigenvalue weighted by Gasteiger charge is -1.94. The van der Waals surface area contributed by atoms with E-state index in [2.05, 4.69) is 19.9 Å². The first-order valence-electron chi connectivity index (χ1n) is 4.01. The normalized spacial score (nSPS) is 13.3. The molecule has 0 amide bonds. The van der Waals surface area contributed by atoms with Crippen LogP contribution in [0.1, 0.15) is 18.9 Å². The van der Waals surface area contributed by atoms with E-state index in [1.165, 1.54) is 6.92 Å². The van der Waals surface area contributed by atoms with Crippen molar-refractivity contribution in [1.29, 1.82) is 0 Å². The molecule has 7 nitrogen and oxygen atoms in total. The Labute approximate surface area is 78.0 Å². The summed E-state index contributed by atoms with van der Waals surface area (Å²) >= 11 is 0. The minimum atomic E-state index is -0.773. The maximum absolute atomic E-state index is 11.3. The molecule has 2 aromatic heterocycles. The molecule has 0 saturated carbocycles. The third-order valence-electron chi connectivity index (χ3n) is 1.79. The number of hydrogen-bond donors (Lipinski definition) is 4. The molecule has 0 radical (unpaired) electrons. The van der Waals surface area contributed by atoms with Crippen LogP contribution in [0.4, 0.5) is 5.95 Å². The molecule has 0 aliphatic rings. The molecule has 0 bridgehead atoms. The molecule has 0 aromatic carbocycles. The van der Waals surface area contributed by atoms with Crippen molar-refractivity contribution in [2.24, 2.45) is 0 Å². The van der Waals surface area contributed by atoms with E-state index in [1.54, 1.807) is 0 Å². The fourth-order valence-electron chi connectivity index (χ4n) is 1.14. The summed E-state index contributed by atoms with van der Waals surface area (Å²) in [6, 6.07) is 0. The van der Waals surface area contributed by atoms with Crippen LogP contribution in [-0.4, -0.2) is 25.0 Å². The van der Waals surface area contributed by atoms with E-state index in [1.807, 2.05) is 0 Å². The largest absolute Gasteiger partial charge is 0.385 e. The molecule has 0 fully saturated rings. The topological polar surface area (TPSA) is 121 Å². The Morgan fingerprint density at radius 1 is 1.43 bits per heavy atom. The summed E-state index contributed by atoms with van der Waals surface area (Å²) in [5.74, 6) is 0.301. The van der Waals surface area contributed by atoms with Gasteiger partial charge in [-0.25, -0.2) is 4.98 Å². The number of fused-ring (bicyclic) bond motifs is 1. The minimum absolute atomic E-state index is 0.00569. The van der Waals surface area contributed by atoms with Gasteiger partial charge in [0.1, 0.15) is 11.9 Å². The van der Waals surface area contributed by atoms with Crippen molar-refractivity contribution >= 4 is 17.1 Å². The monoisotopic (exact) mass is 195 g/mol. The number of nitrogens with two attached hydrogens (primary N) is 1. The van der Waals surface area contributed by atoms with Crippen molar-refractivity contribution in [3.8, 4) is 0 Å². The molecule has 2 aromatic rings. The quantitative estimate of drug-likeness (QED) is 0.478. The van der Waals surface area contributed by atoms with Gasteiger partial charge in [0.05, 0.1) is 0 Å². The zero-order valence-corrected chi connectivity index (χ0v) is 7.40. The molecule has 14 heavy (non-hydrogen) atoms. The van der Waals surface area contributed by atoms with Crippen LogP contribution in [0.2, 0.25) is 0 Å². The summed E-state index contributed by atoms with van der Waals surface area (Å²) in [5, 5.41) is 9.22. The van der Waals surface area contributed by atoms with Crippen molar-refractivity contribution in [1.82, 2.24) is 19.9 Å². The van der Waals surface area contributed by atoms with Gasteiger partial charge in [0.15, 0.2) is 11.2 Å². The van der Waals surface area contributed by atoms with Gasteiger partial charge in [0.2, 0.25) is 5.95 Å². The van der Waals surface area contributed by atoms with E-state index < -0.39 is 11.7 Å². The summed E-state index contributed by atoms with van der Waals surface area (Å²) < 4.78 is 0. The average Bonchev–Trinajstić information content (AvgIpc) is 2.47. The first-order chi connectivity index (χ1) is 6.58. The molecule has 0 spiro atoms. The van der Waals surface area contributed by atoms with Crippen molar-refractivity contribution in [2.75, 3.05) is 5.73 Å². The van der Waals surface area contributed by atoms with Gasteiger partial charge in [0, 0.05) is 0 Å². The van der Waals surface area contributed by atoms with Gasteiger partial charge in [-0.05, 0) is 6.92 Å². The van der Waals surface area contributed by atoms with Gasteiger partial charge in [-0.15, -0.1) is 0 Å². The Morgan fingerprint density at radius 2 is 2.14 bits per heavy atom. The van der Waals surface area contributed by atoms with Crippen LogP contribution in [-0.2, 0) is 0 Å². The van der Waals surface area contributed by atoms with Crippen LogP contribution in [0.15, 0.2) is 4.79 Å². The van der Waals surface area contributed by atoms with Crippen LogP contribution in [0.5, 0.6) is 0 Å². The number of rotatable bonds is 1. The number of anilines is 1. The lowest BCUT2D eigenvalue weighted by Crippen LogP contribution is -2.10. The molecule has 7 heteroatoms. The summed E-state index contributed by atoms with van der Waals surface area (Å²) in [6.07, 6.45) is -0.773. The molecule has 5 N–H and O–H groups in total. The predicted molar refractivity (Wildman–Crippen MR) is 49.6 cm³/mol. The van der Waals surface area contributed by atoms with Crippen molar-refractivity contribution in [3.05, 3.63) is 16.2 Å². The van der Waals surface area contributed by atoms with E-state index in [-0.39, 0.29) is 17.1 Å². The molecular formula is C7H9N5O2. The lowest BCUT2D eigenvalue weighted by atomic mass is 10.4. The molecule has 1 atom stereocenters. The second-order valence-electron chi connectivity index (χ2n) is 2.95. The Morgan fingerprint density at radius 3 is 2.79 bits per heavy atom. The smallest absolute Gasteiger partial charge is 0.278 e. The van der Waals surface area contributed by atoms with E-state index in [0.717, 1.165) is 0 Å². The highest BCUT2D eigenvalue weighted by Gasteiger charge is 2.11. The lowest BCUT2D eigenvalue weighted by molar-refractivity contribution is 0.190. The molecule has 0 saturated heterocycles. The fourth-order valence-corrected chi connectivity index (χ4v) is 1.14. The Kier molecular flexibility index (Phi) is 1.74. The average molecular weight is 195 g/mol. The van der Waals surface area contributed by atoms with Crippen LogP contribution in [0.3, 0.4) is 0 Å². The first-order valence-corrected chi connectivity index (χ1v) is 4.01. The Hall–Kier alpha value is -1.89. The second kappa shape index (κ2) is 2.81. The summed E-state index contributed by atoms with van der Waals surface area (Å²) in [7, 11) is 0. The number of nitrogens with one attached hydrogen (secondary N) is 2. The van der Waals surface area contributed by atoms with Gasteiger partial charge in [0.25, 0.3) is 5.56 Å². The van der Waals surface area contributed by atoms with Gasteiger partial charge in [-0.2, -0.15) is 4.98 Å². The molecule has 2 heterocycles. The second-order valence-corrected chi connectivity index (χ2v) is 2.95. The van der Waals surface area contributed by atoms with Crippen LogP contribution in [0, 0.1) is 0 Å². The number of hydrogen-bond acceptors (Lipinski definition) is 5. The molecule has 0 aliphatic heterocycles. The van der Waals surface area contributed by atoms with E-state index in [9.17, 15) is 9.90 Å². The first kappa shape index (κ1) is 8.70. The Bertz CT molecular complexity index is 526. The zero-order chi connectivity index (χ0) is 10.3. The maximum atomic E-state index is 11.3. The van der Waals surface area contributed by atoms with Crippen LogP contribution >= 0.6 is 0 Å². The number of aliphatic hydroxyl groups excluding tert-OH is 1. The molecule has 1 unspecified atom stereocenters. The van der Waals surface area contributed by atoms with Gasteiger partial charge in [-0.1, -0.05) is 0 Å². The number of imidazole rings is 1. The highest BCUT2D eigenvalue weighted by Crippen LogP contribution is 2.10. The van der Waals surface area contributed by atoms with Gasteiger partial charge < -0.3 is 15.8 Å². The van der Waals surface area contributed by atoms with Gasteiger partial charge in [-0.3, -0.25) is 9.78 Å². The predicted octanol–water partition coefficient (Wildman–Crippen LogP) is -0.718. The summed E-state index contributed by atoms with van der Waals surface area (Å²) in [4.78, 5) is 24.0.